The highest BCUT2D eigenvalue weighted by atomic mass is 19.4. The van der Waals surface area contributed by atoms with Crippen LogP contribution in [0.1, 0.15) is 23.2 Å². The lowest BCUT2D eigenvalue weighted by atomic mass is 10.2. The van der Waals surface area contributed by atoms with Gasteiger partial charge in [-0.25, -0.2) is 9.78 Å². The lowest BCUT2D eigenvalue weighted by Gasteiger charge is -2.11. The molecule has 2 heterocycles. The molecule has 0 atom stereocenters. The summed E-state index contributed by atoms with van der Waals surface area (Å²) in [7, 11) is 0. The number of carbonyl (C=O) groups excluding carboxylic acids is 1. The van der Waals surface area contributed by atoms with Crippen LogP contribution in [0.2, 0.25) is 0 Å². The van der Waals surface area contributed by atoms with E-state index >= 15 is 0 Å². The van der Waals surface area contributed by atoms with Crippen LogP contribution in [0.5, 0.6) is 5.75 Å². The van der Waals surface area contributed by atoms with Gasteiger partial charge in [-0.15, -0.1) is 13.2 Å². The summed E-state index contributed by atoms with van der Waals surface area (Å²) in [6, 6.07) is 5.01. The Balaban J connectivity index is 1.93. The van der Waals surface area contributed by atoms with Crippen molar-refractivity contribution in [1.82, 2.24) is 15.1 Å². The van der Waals surface area contributed by atoms with Crippen molar-refractivity contribution in [2.75, 3.05) is 11.9 Å². The van der Waals surface area contributed by atoms with Gasteiger partial charge in [0.1, 0.15) is 17.0 Å². The van der Waals surface area contributed by atoms with Gasteiger partial charge in [0, 0.05) is 5.69 Å². The SMILES string of the molecule is CCOC(=O)c1nc(Nc2ccc(OC(F)(F)F)cc2)c2c(C)noc2n1. The van der Waals surface area contributed by atoms with Gasteiger partial charge in [0.2, 0.25) is 5.82 Å². The molecule has 0 aliphatic rings. The molecule has 1 N–H and O–H groups in total. The minimum absolute atomic E-state index is 0.0741. The fourth-order valence-corrected chi connectivity index (χ4v) is 2.24. The Morgan fingerprint density at radius 1 is 1.22 bits per heavy atom. The van der Waals surface area contributed by atoms with E-state index in [0.717, 1.165) is 12.1 Å². The molecule has 1 aromatic carbocycles. The zero-order valence-electron chi connectivity index (χ0n) is 14.1. The summed E-state index contributed by atoms with van der Waals surface area (Å²) < 4.78 is 50.5. The number of alkyl halides is 3. The Bertz CT molecular complexity index is 970. The molecule has 0 unspecified atom stereocenters. The van der Waals surface area contributed by atoms with E-state index in [1.807, 2.05) is 0 Å². The zero-order chi connectivity index (χ0) is 19.6. The Morgan fingerprint density at radius 2 is 1.93 bits per heavy atom. The average Bonchev–Trinajstić information content (AvgIpc) is 2.97. The molecule has 0 aliphatic heterocycles. The molecule has 27 heavy (non-hydrogen) atoms. The van der Waals surface area contributed by atoms with Crippen LogP contribution in [0.15, 0.2) is 28.8 Å². The number of fused-ring (bicyclic) bond motifs is 1. The van der Waals surface area contributed by atoms with Crippen molar-refractivity contribution in [2.24, 2.45) is 0 Å². The molecule has 0 fully saturated rings. The molecule has 142 valence electrons. The molecule has 11 heteroatoms. The maximum Gasteiger partial charge on any atom is 0.573 e. The quantitative estimate of drug-likeness (QED) is 0.666. The Kier molecular flexibility index (Phi) is 4.84. The second kappa shape index (κ2) is 7.09. The molecule has 2 aromatic heterocycles. The molecule has 0 bridgehead atoms. The first-order valence-electron chi connectivity index (χ1n) is 7.71. The van der Waals surface area contributed by atoms with Crippen LogP contribution in [0.3, 0.4) is 0 Å². The number of hydrogen-bond acceptors (Lipinski definition) is 8. The molecule has 0 spiro atoms. The highest BCUT2D eigenvalue weighted by Crippen LogP contribution is 2.29. The molecule has 0 saturated heterocycles. The van der Waals surface area contributed by atoms with Gasteiger partial charge in [0.25, 0.3) is 5.71 Å². The van der Waals surface area contributed by atoms with Gasteiger partial charge in [-0.1, -0.05) is 5.16 Å². The number of halogens is 3. The molecule has 0 aliphatic carbocycles. The molecule has 0 saturated carbocycles. The van der Waals surface area contributed by atoms with E-state index in [4.69, 9.17) is 9.26 Å². The number of aryl methyl sites for hydroxylation is 1. The van der Waals surface area contributed by atoms with Crippen molar-refractivity contribution in [3.05, 3.63) is 35.8 Å². The molecule has 8 nitrogen and oxygen atoms in total. The van der Waals surface area contributed by atoms with Gasteiger partial charge >= 0.3 is 12.3 Å². The van der Waals surface area contributed by atoms with Crippen LogP contribution in [-0.2, 0) is 4.74 Å². The first-order chi connectivity index (χ1) is 12.8. The average molecular weight is 382 g/mol. The topological polar surface area (TPSA) is 99.4 Å². The van der Waals surface area contributed by atoms with Crippen molar-refractivity contribution in [3.63, 3.8) is 0 Å². The Hall–Kier alpha value is -3.37. The van der Waals surface area contributed by atoms with E-state index in [1.54, 1.807) is 13.8 Å². The number of aromatic nitrogens is 3. The molecule has 0 amide bonds. The number of anilines is 2. The summed E-state index contributed by atoms with van der Waals surface area (Å²) in [6.45, 7) is 3.43. The van der Waals surface area contributed by atoms with Crippen LogP contribution in [0.25, 0.3) is 11.1 Å². The smallest absolute Gasteiger partial charge is 0.460 e. The predicted octanol–water partition coefficient (Wildman–Crippen LogP) is 3.75. The standard InChI is InChI=1S/C16H13F3N4O4/c1-3-25-15(24)13-21-12(11-8(2)23-27-14(11)22-13)20-9-4-6-10(7-5-9)26-16(17,18)19/h4-7H,3H2,1-2H3,(H,20,21,22). The third kappa shape index (κ3) is 4.25. The highest BCUT2D eigenvalue weighted by Gasteiger charge is 2.31. The number of esters is 1. The monoisotopic (exact) mass is 382 g/mol. The summed E-state index contributed by atoms with van der Waals surface area (Å²) in [5.74, 6) is -1.15. The van der Waals surface area contributed by atoms with Crippen molar-refractivity contribution in [1.29, 1.82) is 0 Å². The third-order valence-electron chi connectivity index (χ3n) is 3.32. The predicted molar refractivity (Wildman–Crippen MR) is 86.7 cm³/mol. The van der Waals surface area contributed by atoms with Gasteiger partial charge in [-0.2, -0.15) is 4.98 Å². The number of rotatable bonds is 5. The molecule has 0 radical (unpaired) electrons. The second-order valence-electron chi connectivity index (χ2n) is 5.26. The van der Waals surface area contributed by atoms with E-state index < -0.39 is 12.3 Å². The van der Waals surface area contributed by atoms with Crippen LogP contribution in [0.4, 0.5) is 24.7 Å². The van der Waals surface area contributed by atoms with Gasteiger partial charge in [0.05, 0.1) is 12.3 Å². The number of hydrogen-bond donors (Lipinski definition) is 1. The summed E-state index contributed by atoms with van der Waals surface area (Å²) >= 11 is 0. The molecular formula is C16H13F3N4O4. The van der Waals surface area contributed by atoms with Crippen molar-refractivity contribution < 1.29 is 32.0 Å². The summed E-state index contributed by atoms with van der Waals surface area (Å²) in [4.78, 5) is 20.0. The highest BCUT2D eigenvalue weighted by molar-refractivity contribution is 5.94. The number of carbonyl (C=O) groups is 1. The van der Waals surface area contributed by atoms with Crippen LogP contribution in [-0.4, -0.2) is 34.1 Å². The van der Waals surface area contributed by atoms with Gasteiger partial charge in [-0.05, 0) is 38.1 Å². The molecular weight excluding hydrogens is 369 g/mol. The van der Waals surface area contributed by atoms with Crippen molar-refractivity contribution in [3.8, 4) is 5.75 Å². The normalized spacial score (nSPS) is 11.4. The summed E-state index contributed by atoms with van der Waals surface area (Å²) in [6.07, 6.45) is -4.78. The largest absolute Gasteiger partial charge is 0.573 e. The summed E-state index contributed by atoms with van der Waals surface area (Å²) in [5, 5.41) is 7.12. The number of ether oxygens (including phenoxy) is 2. The lowest BCUT2D eigenvalue weighted by molar-refractivity contribution is -0.274. The third-order valence-corrected chi connectivity index (χ3v) is 3.32. The first-order valence-corrected chi connectivity index (χ1v) is 7.71. The Morgan fingerprint density at radius 3 is 2.56 bits per heavy atom. The maximum absolute atomic E-state index is 12.2. The zero-order valence-corrected chi connectivity index (χ0v) is 14.1. The fourth-order valence-electron chi connectivity index (χ4n) is 2.24. The molecule has 3 rings (SSSR count). The minimum atomic E-state index is -4.78. The number of nitrogens with one attached hydrogen (secondary N) is 1. The number of nitrogens with zero attached hydrogens (tertiary/aromatic N) is 3. The first kappa shape index (κ1) is 18.4. The fraction of sp³-hybridized carbons (Fsp3) is 0.250. The van der Waals surface area contributed by atoms with E-state index in [0.29, 0.717) is 16.8 Å². The van der Waals surface area contributed by atoms with Crippen LogP contribution in [0, 0.1) is 6.92 Å². The van der Waals surface area contributed by atoms with Gasteiger partial charge < -0.3 is 19.3 Å². The molecule has 3 aromatic rings. The number of benzene rings is 1. The minimum Gasteiger partial charge on any atom is -0.460 e. The van der Waals surface area contributed by atoms with E-state index in [-0.39, 0.29) is 29.7 Å². The van der Waals surface area contributed by atoms with Gasteiger partial charge in [0.15, 0.2) is 0 Å². The Labute approximate surface area is 150 Å². The van der Waals surface area contributed by atoms with Crippen LogP contribution >= 0.6 is 0 Å². The van der Waals surface area contributed by atoms with E-state index in [2.05, 4.69) is 25.2 Å². The van der Waals surface area contributed by atoms with Crippen molar-refractivity contribution >= 4 is 28.6 Å². The van der Waals surface area contributed by atoms with E-state index in [1.165, 1.54) is 12.1 Å². The lowest BCUT2D eigenvalue weighted by Crippen LogP contribution is -2.17. The summed E-state index contributed by atoms with van der Waals surface area (Å²) in [5.41, 5.74) is 0.949. The van der Waals surface area contributed by atoms with Gasteiger partial charge in [-0.3, -0.25) is 0 Å². The van der Waals surface area contributed by atoms with Crippen LogP contribution < -0.4 is 10.1 Å². The van der Waals surface area contributed by atoms with E-state index in [9.17, 15) is 18.0 Å². The van der Waals surface area contributed by atoms with Crippen molar-refractivity contribution in [2.45, 2.75) is 20.2 Å². The maximum atomic E-state index is 12.2. The second-order valence-corrected chi connectivity index (χ2v) is 5.26.